The summed E-state index contributed by atoms with van der Waals surface area (Å²) in [4.78, 5) is 35.7. The van der Waals surface area contributed by atoms with Crippen molar-refractivity contribution in [2.45, 2.75) is 11.2 Å². The molecule has 0 saturated heterocycles. The number of thioether (sulfide) groups is 1. The SMILES string of the molecule is Cn1c(SCC(=O)Nc2cccc(C(=O)O)c2)nnc1C(CO)NC(=O)c1ccccc1. The number of hydrogen-bond donors (Lipinski definition) is 4. The van der Waals surface area contributed by atoms with Crippen LogP contribution < -0.4 is 10.6 Å². The van der Waals surface area contributed by atoms with Gasteiger partial charge in [-0.15, -0.1) is 10.2 Å². The molecule has 1 atom stereocenters. The molecule has 0 aliphatic carbocycles. The number of aromatic carboxylic acids is 1. The maximum atomic E-state index is 12.4. The molecule has 3 aromatic rings. The van der Waals surface area contributed by atoms with Crippen molar-refractivity contribution >= 4 is 35.2 Å². The lowest BCUT2D eigenvalue weighted by Crippen LogP contribution is -2.32. The van der Waals surface area contributed by atoms with E-state index in [4.69, 9.17) is 5.11 Å². The molecule has 0 bridgehead atoms. The molecule has 2 aromatic carbocycles. The number of benzene rings is 2. The van der Waals surface area contributed by atoms with Gasteiger partial charge in [0.25, 0.3) is 5.91 Å². The normalized spacial score (nSPS) is 11.6. The van der Waals surface area contributed by atoms with Gasteiger partial charge in [-0.25, -0.2) is 4.79 Å². The van der Waals surface area contributed by atoms with E-state index >= 15 is 0 Å². The Kier molecular flexibility index (Phi) is 7.58. The molecule has 0 radical (unpaired) electrons. The zero-order chi connectivity index (χ0) is 23.1. The van der Waals surface area contributed by atoms with Gasteiger partial charge in [0, 0.05) is 18.3 Å². The number of aliphatic hydroxyl groups is 1. The highest BCUT2D eigenvalue weighted by Gasteiger charge is 2.22. The van der Waals surface area contributed by atoms with Crippen LogP contribution in [0.15, 0.2) is 59.8 Å². The molecule has 0 spiro atoms. The second-order valence-corrected chi connectivity index (χ2v) is 7.64. The van der Waals surface area contributed by atoms with Crippen LogP contribution in [0.5, 0.6) is 0 Å². The van der Waals surface area contributed by atoms with Crippen molar-refractivity contribution in [3.8, 4) is 0 Å². The first-order valence-electron chi connectivity index (χ1n) is 9.51. The number of carboxylic acids is 1. The lowest BCUT2D eigenvalue weighted by atomic mass is 10.2. The molecule has 0 saturated carbocycles. The van der Waals surface area contributed by atoms with Crippen LogP contribution in [0.25, 0.3) is 0 Å². The van der Waals surface area contributed by atoms with E-state index < -0.39 is 12.0 Å². The number of hydrogen-bond acceptors (Lipinski definition) is 7. The molecule has 32 heavy (non-hydrogen) atoms. The van der Waals surface area contributed by atoms with Gasteiger partial charge < -0.3 is 25.4 Å². The van der Waals surface area contributed by atoms with Crippen molar-refractivity contribution < 1.29 is 24.6 Å². The highest BCUT2D eigenvalue weighted by Crippen LogP contribution is 2.20. The topological polar surface area (TPSA) is 146 Å². The molecule has 10 nitrogen and oxygen atoms in total. The van der Waals surface area contributed by atoms with Gasteiger partial charge >= 0.3 is 5.97 Å². The van der Waals surface area contributed by atoms with Crippen molar-refractivity contribution in [1.82, 2.24) is 20.1 Å². The summed E-state index contributed by atoms with van der Waals surface area (Å²) < 4.78 is 1.59. The van der Waals surface area contributed by atoms with Crippen LogP contribution in [-0.4, -0.2) is 55.1 Å². The first-order valence-corrected chi connectivity index (χ1v) is 10.5. The van der Waals surface area contributed by atoms with Gasteiger partial charge in [0.05, 0.1) is 17.9 Å². The maximum absolute atomic E-state index is 12.4. The molecule has 1 aromatic heterocycles. The van der Waals surface area contributed by atoms with Gasteiger partial charge in [0.2, 0.25) is 5.91 Å². The van der Waals surface area contributed by atoms with Gasteiger partial charge in [-0.3, -0.25) is 9.59 Å². The zero-order valence-corrected chi connectivity index (χ0v) is 17.9. The lowest BCUT2D eigenvalue weighted by molar-refractivity contribution is -0.113. The average molecular weight is 455 g/mol. The third-order valence-electron chi connectivity index (χ3n) is 4.43. The van der Waals surface area contributed by atoms with E-state index in [-0.39, 0.29) is 29.7 Å². The summed E-state index contributed by atoms with van der Waals surface area (Å²) in [5.74, 6) is -1.44. The zero-order valence-electron chi connectivity index (χ0n) is 17.1. The number of anilines is 1. The first kappa shape index (κ1) is 23.0. The molecule has 0 fully saturated rings. The minimum atomic E-state index is -1.08. The number of nitrogens with zero attached hydrogens (tertiary/aromatic N) is 3. The number of aromatic nitrogens is 3. The monoisotopic (exact) mass is 455 g/mol. The van der Waals surface area contributed by atoms with Gasteiger partial charge in [-0.05, 0) is 30.3 Å². The molecule has 1 unspecified atom stereocenters. The van der Waals surface area contributed by atoms with Crippen LogP contribution in [-0.2, 0) is 11.8 Å². The molecule has 0 aliphatic heterocycles. The van der Waals surface area contributed by atoms with Crippen LogP contribution in [0.3, 0.4) is 0 Å². The van der Waals surface area contributed by atoms with E-state index in [1.807, 2.05) is 0 Å². The first-order chi connectivity index (χ1) is 15.4. The predicted molar refractivity (Wildman–Crippen MR) is 117 cm³/mol. The number of carbonyl (C=O) groups is 3. The number of aliphatic hydroxyl groups excluding tert-OH is 1. The van der Waals surface area contributed by atoms with E-state index in [1.54, 1.807) is 54.1 Å². The van der Waals surface area contributed by atoms with E-state index in [2.05, 4.69) is 20.8 Å². The number of nitrogens with one attached hydrogen (secondary N) is 2. The van der Waals surface area contributed by atoms with Gasteiger partial charge in [-0.1, -0.05) is 36.0 Å². The summed E-state index contributed by atoms with van der Waals surface area (Å²) in [6, 6.07) is 13.8. The Morgan fingerprint density at radius 3 is 2.47 bits per heavy atom. The maximum Gasteiger partial charge on any atom is 0.335 e. The third kappa shape index (κ3) is 5.71. The van der Waals surface area contributed by atoms with Crippen LogP contribution in [0.1, 0.15) is 32.6 Å². The molecular weight excluding hydrogens is 434 g/mol. The van der Waals surface area contributed by atoms with Crippen LogP contribution in [0, 0.1) is 0 Å². The van der Waals surface area contributed by atoms with Gasteiger partial charge in [0.15, 0.2) is 11.0 Å². The van der Waals surface area contributed by atoms with Crippen molar-refractivity contribution in [2.75, 3.05) is 17.7 Å². The van der Waals surface area contributed by atoms with Crippen LogP contribution in [0.4, 0.5) is 5.69 Å². The summed E-state index contributed by atoms with van der Waals surface area (Å²) in [6.45, 7) is -0.379. The second-order valence-electron chi connectivity index (χ2n) is 6.70. The van der Waals surface area contributed by atoms with Crippen molar-refractivity contribution in [3.63, 3.8) is 0 Å². The lowest BCUT2D eigenvalue weighted by Gasteiger charge is -2.16. The van der Waals surface area contributed by atoms with E-state index in [9.17, 15) is 19.5 Å². The van der Waals surface area contributed by atoms with Crippen LogP contribution in [0.2, 0.25) is 0 Å². The molecular formula is C21H21N5O5S. The standard InChI is InChI=1S/C21H21N5O5S/c1-26-18(16(11-27)23-19(29)13-6-3-2-4-7-13)24-25-21(26)32-12-17(28)22-15-9-5-8-14(10-15)20(30)31/h2-10,16,27H,11-12H2,1H3,(H,22,28)(H,23,29)(H,30,31). The summed E-state index contributed by atoms with van der Waals surface area (Å²) >= 11 is 1.12. The van der Waals surface area contributed by atoms with E-state index in [0.29, 0.717) is 22.2 Å². The predicted octanol–water partition coefficient (Wildman–Crippen LogP) is 1.71. The fourth-order valence-electron chi connectivity index (χ4n) is 2.84. The van der Waals surface area contributed by atoms with E-state index in [1.165, 1.54) is 12.1 Å². The summed E-state index contributed by atoms with van der Waals surface area (Å²) in [5, 5.41) is 32.6. The Bertz CT molecular complexity index is 1120. The second kappa shape index (κ2) is 10.6. The van der Waals surface area contributed by atoms with Crippen molar-refractivity contribution in [1.29, 1.82) is 0 Å². The highest BCUT2D eigenvalue weighted by molar-refractivity contribution is 7.99. The van der Waals surface area contributed by atoms with Gasteiger partial charge in [0.1, 0.15) is 6.04 Å². The molecule has 0 aliphatic rings. The quantitative estimate of drug-likeness (QED) is 0.357. The van der Waals surface area contributed by atoms with Gasteiger partial charge in [-0.2, -0.15) is 0 Å². The Labute approximate surface area is 187 Å². The van der Waals surface area contributed by atoms with Crippen molar-refractivity contribution in [3.05, 3.63) is 71.5 Å². The number of rotatable bonds is 9. The number of carboxylic acid groups (broad SMARTS) is 1. The minimum absolute atomic E-state index is 0.00341. The smallest absolute Gasteiger partial charge is 0.335 e. The summed E-state index contributed by atoms with van der Waals surface area (Å²) in [7, 11) is 1.67. The Morgan fingerprint density at radius 2 is 1.78 bits per heavy atom. The number of carbonyl (C=O) groups excluding carboxylic acids is 2. The average Bonchev–Trinajstić information content (AvgIpc) is 3.16. The van der Waals surface area contributed by atoms with Crippen LogP contribution >= 0.6 is 11.8 Å². The largest absolute Gasteiger partial charge is 0.478 e. The molecule has 4 N–H and O–H groups in total. The fourth-order valence-corrected chi connectivity index (χ4v) is 3.55. The number of amides is 2. The molecule has 3 rings (SSSR count). The minimum Gasteiger partial charge on any atom is -0.478 e. The molecule has 1 heterocycles. The Morgan fingerprint density at radius 1 is 1.06 bits per heavy atom. The fraction of sp³-hybridized carbons (Fsp3) is 0.190. The summed E-state index contributed by atoms with van der Waals surface area (Å²) in [5.41, 5.74) is 0.894. The highest BCUT2D eigenvalue weighted by atomic mass is 32.2. The summed E-state index contributed by atoms with van der Waals surface area (Å²) in [6.07, 6.45) is 0. The molecule has 11 heteroatoms. The molecule has 2 amide bonds. The van der Waals surface area contributed by atoms with E-state index in [0.717, 1.165) is 11.8 Å². The van der Waals surface area contributed by atoms with Crippen molar-refractivity contribution in [2.24, 2.45) is 7.05 Å². The Balaban J connectivity index is 1.61. The molecule has 166 valence electrons. The Hall–Kier alpha value is -3.70. The third-order valence-corrected chi connectivity index (χ3v) is 5.45.